The number of hydrogen-bond acceptors (Lipinski definition) is 5. The van der Waals surface area contributed by atoms with Gasteiger partial charge in [-0.3, -0.25) is 9.69 Å². The number of carbonyl (C=O) groups is 1. The number of H-pyrrole nitrogens is 1. The summed E-state index contributed by atoms with van der Waals surface area (Å²) in [4.78, 5) is 22.1. The van der Waals surface area contributed by atoms with E-state index in [0.717, 1.165) is 23.4 Å². The topological polar surface area (TPSA) is 67.5 Å². The summed E-state index contributed by atoms with van der Waals surface area (Å²) >= 11 is 0. The number of methoxy groups -OCH3 is 1. The van der Waals surface area contributed by atoms with Crippen molar-refractivity contribution in [2.75, 3.05) is 33.4 Å². The van der Waals surface area contributed by atoms with Crippen molar-refractivity contribution in [3.05, 3.63) is 29.1 Å². The van der Waals surface area contributed by atoms with Gasteiger partial charge >= 0.3 is 5.97 Å². The first-order valence-electron chi connectivity index (χ1n) is 7.91. The lowest BCUT2D eigenvalue weighted by molar-refractivity contribution is -0.147. The van der Waals surface area contributed by atoms with Gasteiger partial charge in [0.05, 0.1) is 43.8 Å². The lowest BCUT2D eigenvalue weighted by atomic mass is 10.1. The highest BCUT2D eigenvalue weighted by Gasteiger charge is 2.26. The molecule has 2 aromatic rings. The Kier molecular flexibility index (Phi) is 4.63. The SMILES string of the molecule is COC(=O)C1COCCN(Cc2nc3c(C)c(C)ccc3[nH]2)C1. The van der Waals surface area contributed by atoms with Crippen molar-refractivity contribution >= 4 is 17.0 Å². The number of fused-ring (bicyclic) bond motifs is 1. The smallest absolute Gasteiger partial charge is 0.312 e. The quantitative estimate of drug-likeness (QED) is 0.874. The summed E-state index contributed by atoms with van der Waals surface area (Å²) in [6.07, 6.45) is 0. The lowest BCUT2D eigenvalue weighted by Gasteiger charge is -2.20. The van der Waals surface area contributed by atoms with Gasteiger partial charge in [0.15, 0.2) is 0 Å². The summed E-state index contributed by atoms with van der Waals surface area (Å²) in [6.45, 7) is 7.30. The zero-order valence-corrected chi connectivity index (χ0v) is 13.9. The van der Waals surface area contributed by atoms with Crippen LogP contribution in [0.1, 0.15) is 17.0 Å². The van der Waals surface area contributed by atoms with Gasteiger partial charge in [-0.05, 0) is 31.0 Å². The normalized spacial score (nSPS) is 19.7. The van der Waals surface area contributed by atoms with E-state index in [1.54, 1.807) is 0 Å². The molecule has 1 aromatic heterocycles. The average Bonchev–Trinajstić information content (AvgIpc) is 2.81. The Morgan fingerprint density at radius 3 is 3.09 bits per heavy atom. The van der Waals surface area contributed by atoms with Gasteiger partial charge < -0.3 is 14.5 Å². The zero-order valence-electron chi connectivity index (χ0n) is 13.9. The molecule has 23 heavy (non-hydrogen) atoms. The molecule has 0 radical (unpaired) electrons. The van der Waals surface area contributed by atoms with Crippen molar-refractivity contribution in [3.8, 4) is 0 Å². The molecule has 124 valence electrons. The molecule has 1 aromatic carbocycles. The van der Waals surface area contributed by atoms with Crippen LogP contribution in [-0.4, -0.2) is 54.3 Å². The van der Waals surface area contributed by atoms with Crippen LogP contribution in [0.5, 0.6) is 0 Å². The van der Waals surface area contributed by atoms with Crippen molar-refractivity contribution in [1.82, 2.24) is 14.9 Å². The van der Waals surface area contributed by atoms with Gasteiger partial charge in [0.2, 0.25) is 0 Å². The number of esters is 1. The molecular weight excluding hydrogens is 294 g/mol. The van der Waals surface area contributed by atoms with E-state index in [9.17, 15) is 4.79 Å². The van der Waals surface area contributed by atoms with Crippen molar-refractivity contribution in [1.29, 1.82) is 0 Å². The molecule has 0 aliphatic carbocycles. The van der Waals surface area contributed by atoms with E-state index in [0.29, 0.717) is 26.3 Å². The Balaban J connectivity index is 1.77. The second-order valence-electron chi connectivity index (χ2n) is 6.12. The van der Waals surface area contributed by atoms with Crippen molar-refractivity contribution in [3.63, 3.8) is 0 Å². The fourth-order valence-corrected chi connectivity index (χ4v) is 2.98. The summed E-state index contributed by atoms with van der Waals surface area (Å²) in [7, 11) is 1.42. The third-order valence-corrected chi connectivity index (χ3v) is 4.48. The van der Waals surface area contributed by atoms with Crippen molar-refractivity contribution in [2.24, 2.45) is 5.92 Å². The van der Waals surface area contributed by atoms with E-state index in [-0.39, 0.29) is 11.9 Å². The molecule has 0 spiro atoms. The van der Waals surface area contributed by atoms with Gasteiger partial charge in [0.1, 0.15) is 5.82 Å². The van der Waals surface area contributed by atoms with Crippen LogP contribution in [0.4, 0.5) is 0 Å². The number of nitrogens with one attached hydrogen (secondary N) is 1. The van der Waals surface area contributed by atoms with Gasteiger partial charge in [0, 0.05) is 13.1 Å². The fraction of sp³-hybridized carbons (Fsp3) is 0.529. The van der Waals surface area contributed by atoms with Gasteiger partial charge in [-0.25, -0.2) is 4.98 Å². The van der Waals surface area contributed by atoms with Gasteiger partial charge in [-0.2, -0.15) is 0 Å². The van der Waals surface area contributed by atoms with E-state index in [1.165, 1.54) is 18.2 Å². The number of ether oxygens (including phenoxy) is 2. The third-order valence-electron chi connectivity index (χ3n) is 4.48. The largest absolute Gasteiger partial charge is 0.469 e. The van der Waals surface area contributed by atoms with Crippen LogP contribution in [0.2, 0.25) is 0 Å². The molecule has 2 heterocycles. The average molecular weight is 317 g/mol. The highest BCUT2D eigenvalue weighted by atomic mass is 16.5. The molecule has 1 N–H and O–H groups in total. The molecule has 3 rings (SSSR count). The van der Waals surface area contributed by atoms with E-state index >= 15 is 0 Å². The van der Waals surface area contributed by atoms with Crippen molar-refractivity contribution in [2.45, 2.75) is 20.4 Å². The highest BCUT2D eigenvalue weighted by Crippen LogP contribution is 2.20. The van der Waals surface area contributed by atoms with Crippen LogP contribution < -0.4 is 0 Å². The monoisotopic (exact) mass is 317 g/mol. The molecule has 0 saturated carbocycles. The number of imidazole rings is 1. The first-order valence-corrected chi connectivity index (χ1v) is 7.91. The summed E-state index contributed by atoms with van der Waals surface area (Å²) in [5, 5.41) is 0. The van der Waals surface area contributed by atoms with Crippen LogP contribution >= 0.6 is 0 Å². The Morgan fingerprint density at radius 1 is 1.48 bits per heavy atom. The number of hydrogen-bond donors (Lipinski definition) is 1. The third kappa shape index (κ3) is 3.38. The maximum Gasteiger partial charge on any atom is 0.312 e. The van der Waals surface area contributed by atoms with Crippen LogP contribution in [-0.2, 0) is 20.8 Å². The number of aryl methyl sites for hydroxylation is 2. The molecular formula is C17H23N3O3. The van der Waals surface area contributed by atoms with Crippen molar-refractivity contribution < 1.29 is 14.3 Å². The molecule has 1 aliphatic rings. The standard InChI is InChI=1S/C17H23N3O3/c1-11-4-5-14-16(12(11)2)19-15(18-14)9-20-6-7-23-10-13(8-20)17(21)22-3/h4-5,13H,6-10H2,1-3H3,(H,18,19). The van der Waals surface area contributed by atoms with Crippen LogP contribution in [0.15, 0.2) is 12.1 Å². The number of aromatic amines is 1. The molecule has 1 aliphatic heterocycles. The minimum atomic E-state index is -0.240. The second-order valence-corrected chi connectivity index (χ2v) is 6.12. The molecule has 0 bridgehead atoms. The minimum Gasteiger partial charge on any atom is -0.469 e. The molecule has 1 unspecified atom stereocenters. The predicted molar refractivity (Wildman–Crippen MR) is 87.2 cm³/mol. The Labute approximate surface area is 135 Å². The summed E-state index contributed by atoms with van der Waals surface area (Å²) in [6, 6.07) is 4.17. The van der Waals surface area contributed by atoms with Gasteiger partial charge in [0.25, 0.3) is 0 Å². The van der Waals surface area contributed by atoms with Crippen LogP contribution in [0.25, 0.3) is 11.0 Å². The molecule has 1 fully saturated rings. The summed E-state index contributed by atoms with van der Waals surface area (Å²) in [5.41, 5.74) is 4.52. The van der Waals surface area contributed by atoms with Crippen LogP contribution in [0.3, 0.4) is 0 Å². The molecule has 1 atom stereocenters. The van der Waals surface area contributed by atoms with E-state index in [4.69, 9.17) is 14.5 Å². The van der Waals surface area contributed by atoms with E-state index in [2.05, 4.69) is 35.9 Å². The summed E-state index contributed by atoms with van der Waals surface area (Å²) in [5.74, 6) is 0.461. The van der Waals surface area contributed by atoms with Gasteiger partial charge in [-0.1, -0.05) is 6.07 Å². The predicted octanol–water partition coefficient (Wildman–Crippen LogP) is 1.80. The molecule has 1 saturated heterocycles. The van der Waals surface area contributed by atoms with E-state index in [1.807, 2.05) is 0 Å². The van der Waals surface area contributed by atoms with Gasteiger partial charge in [-0.15, -0.1) is 0 Å². The second kappa shape index (κ2) is 6.68. The zero-order chi connectivity index (χ0) is 16.4. The fourth-order valence-electron chi connectivity index (χ4n) is 2.98. The lowest BCUT2D eigenvalue weighted by Crippen LogP contribution is -2.34. The molecule has 0 amide bonds. The Bertz CT molecular complexity index is 710. The maximum atomic E-state index is 11.8. The number of aromatic nitrogens is 2. The van der Waals surface area contributed by atoms with Crippen LogP contribution in [0, 0.1) is 19.8 Å². The Hall–Kier alpha value is -1.92. The number of rotatable bonds is 3. The number of nitrogens with zero attached hydrogens (tertiary/aromatic N) is 2. The molecule has 6 heteroatoms. The number of benzene rings is 1. The number of carbonyl (C=O) groups excluding carboxylic acids is 1. The van der Waals surface area contributed by atoms with E-state index < -0.39 is 0 Å². The first-order chi connectivity index (χ1) is 11.1. The molecule has 6 nitrogen and oxygen atoms in total. The highest BCUT2D eigenvalue weighted by molar-refractivity contribution is 5.79. The summed E-state index contributed by atoms with van der Waals surface area (Å²) < 4.78 is 10.4. The Morgan fingerprint density at radius 2 is 2.30 bits per heavy atom. The first kappa shape index (κ1) is 16.0. The maximum absolute atomic E-state index is 11.8. The minimum absolute atomic E-state index is 0.215.